The van der Waals surface area contributed by atoms with E-state index in [1.54, 1.807) is 0 Å². The van der Waals surface area contributed by atoms with Crippen molar-refractivity contribution in [1.82, 2.24) is 0 Å². The predicted octanol–water partition coefficient (Wildman–Crippen LogP) is 19.7. The van der Waals surface area contributed by atoms with E-state index >= 15 is 0 Å². The van der Waals surface area contributed by atoms with Crippen LogP contribution < -0.4 is 0 Å². The summed E-state index contributed by atoms with van der Waals surface area (Å²) in [5.41, 5.74) is 5.73. The van der Waals surface area contributed by atoms with Crippen LogP contribution in [-0.2, 0) is 0 Å². The molecule has 0 bridgehead atoms. The van der Waals surface area contributed by atoms with Crippen LogP contribution >= 0.6 is 0 Å². The lowest BCUT2D eigenvalue weighted by Gasteiger charge is -2.24. The molecule has 328 valence electrons. The maximum Gasteiger partial charge on any atom is -0.0124 e. The standard InChI is InChI=1S/C16H18.2C10H14.C8H16.2C5H12.C4H10/c1-13(15-9-5-3-6-10-15)14(2)16-11-7-4-8-12-16;2*1-3-9(2)10-7-5-4-6-8-10;1-7-5-3-4-6-8(7)2;2*1-4-5(2)3;1-3-4-2/h3-14H,1-2H3;2*4-9H,3H2,1-2H3;7-8H,3-6H2,1-2H3;2*5H,4H2,1-3H3;3-4H2,1-2H3. The van der Waals surface area contributed by atoms with Crippen LogP contribution in [0.5, 0.6) is 0 Å². The largest absolute Gasteiger partial charge is 0.0654 e. The Bertz CT molecular complexity index is 1250. The Morgan fingerprint density at radius 2 is 0.586 bits per heavy atom. The molecule has 0 heterocycles. The van der Waals surface area contributed by atoms with Gasteiger partial charge in [-0.25, -0.2) is 0 Å². The van der Waals surface area contributed by atoms with Crippen molar-refractivity contribution in [3.63, 3.8) is 0 Å². The Labute approximate surface area is 364 Å². The van der Waals surface area contributed by atoms with E-state index in [9.17, 15) is 0 Å². The van der Waals surface area contributed by atoms with Crippen molar-refractivity contribution < 1.29 is 0 Å². The molecule has 0 aliphatic heterocycles. The third-order valence-electron chi connectivity index (χ3n) is 12.0. The van der Waals surface area contributed by atoms with E-state index in [2.05, 4.69) is 232 Å². The number of hydrogen-bond acceptors (Lipinski definition) is 0. The van der Waals surface area contributed by atoms with Crippen LogP contribution in [0.4, 0.5) is 0 Å². The molecular formula is C58H96. The van der Waals surface area contributed by atoms with Gasteiger partial charge in [0.2, 0.25) is 0 Å². The van der Waals surface area contributed by atoms with Crippen molar-refractivity contribution in [2.75, 3.05) is 0 Å². The van der Waals surface area contributed by atoms with Gasteiger partial charge in [0.05, 0.1) is 0 Å². The zero-order valence-corrected chi connectivity index (χ0v) is 41.2. The van der Waals surface area contributed by atoms with Crippen molar-refractivity contribution >= 4 is 0 Å². The molecule has 0 spiro atoms. The van der Waals surface area contributed by atoms with Crippen molar-refractivity contribution in [2.24, 2.45) is 23.7 Å². The van der Waals surface area contributed by atoms with Gasteiger partial charge in [-0.3, -0.25) is 0 Å². The highest BCUT2D eigenvalue weighted by Crippen LogP contribution is 2.32. The number of hydrogen-bond donors (Lipinski definition) is 0. The Morgan fingerprint density at radius 1 is 0.362 bits per heavy atom. The summed E-state index contributed by atoms with van der Waals surface area (Å²) in [4.78, 5) is 0. The van der Waals surface area contributed by atoms with Gasteiger partial charge in [0.15, 0.2) is 0 Å². The van der Waals surface area contributed by atoms with Crippen LogP contribution in [0.2, 0.25) is 0 Å². The lowest BCUT2D eigenvalue weighted by atomic mass is 9.82. The SMILES string of the molecule is CC(c1ccccc1)C(C)c1ccccc1.CC1CCCCC1C.CCC(C)C.CCC(C)C.CCC(C)c1ccccc1.CCC(C)c1ccccc1.CCCC. The number of unbranched alkanes of at least 4 members (excludes halogenated alkanes) is 1. The molecule has 6 unspecified atom stereocenters. The first-order chi connectivity index (χ1) is 27.7. The van der Waals surface area contributed by atoms with Gasteiger partial charge in [-0.1, -0.05) is 283 Å². The maximum absolute atomic E-state index is 2.38. The zero-order valence-electron chi connectivity index (χ0n) is 41.2. The summed E-state index contributed by atoms with van der Waals surface area (Å²) in [6.45, 7) is 36.0. The molecule has 4 aromatic carbocycles. The fourth-order valence-electron chi connectivity index (χ4n) is 5.63. The number of rotatable bonds is 10. The minimum atomic E-state index is 0.559. The Balaban J connectivity index is 0. The highest BCUT2D eigenvalue weighted by molar-refractivity contribution is 5.27. The van der Waals surface area contributed by atoms with E-state index in [1.807, 2.05) is 0 Å². The Kier molecular flexibility index (Phi) is 37.4. The first kappa shape index (κ1) is 57.0. The summed E-state index contributed by atoms with van der Waals surface area (Å²) in [5.74, 6) is 6.31. The van der Waals surface area contributed by atoms with E-state index in [0.717, 1.165) is 23.7 Å². The second-order valence-corrected chi connectivity index (χ2v) is 17.7. The average Bonchev–Trinajstić information content (AvgIpc) is 3.28. The van der Waals surface area contributed by atoms with Crippen molar-refractivity contribution in [2.45, 2.75) is 199 Å². The molecule has 5 rings (SSSR count). The molecule has 0 N–H and O–H groups in total. The molecule has 1 fully saturated rings. The molecule has 6 atom stereocenters. The molecule has 4 aromatic rings. The van der Waals surface area contributed by atoms with Gasteiger partial charge in [-0.2, -0.15) is 0 Å². The Hall–Kier alpha value is -3.12. The van der Waals surface area contributed by atoms with Gasteiger partial charge in [-0.15, -0.1) is 0 Å². The zero-order chi connectivity index (χ0) is 44.1. The summed E-state index contributed by atoms with van der Waals surface area (Å²) in [6, 6.07) is 42.7. The van der Waals surface area contributed by atoms with E-state index in [0.29, 0.717) is 23.7 Å². The second-order valence-electron chi connectivity index (χ2n) is 17.7. The molecule has 1 saturated carbocycles. The predicted molar refractivity (Wildman–Crippen MR) is 268 cm³/mol. The van der Waals surface area contributed by atoms with Crippen molar-refractivity contribution in [3.8, 4) is 0 Å². The van der Waals surface area contributed by atoms with Gasteiger partial charge in [0.25, 0.3) is 0 Å². The van der Waals surface area contributed by atoms with Gasteiger partial charge in [0.1, 0.15) is 0 Å². The molecule has 58 heavy (non-hydrogen) atoms. The third kappa shape index (κ3) is 30.0. The summed E-state index contributed by atoms with van der Waals surface area (Å²) in [6.07, 6.45) is 13.6. The molecule has 0 nitrogen and oxygen atoms in total. The normalized spacial score (nSPS) is 16.1. The van der Waals surface area contributed by atoms with E-state index < -0.39 is 0 Å². The maximum atomic E-state index is 2.38. The summed E-state index contributed by atoms with van der Waals surface area (Å²) >= 11 is 0. The summed E-state index contributed by atoms with van der Waals surface area (Å²) < 4.78 is 0. The van der Waals surface area contributed by atoms with Crippen molar-refractivity contribution in [3.05, 3.63) is 144 Å². The van der Waals surface area contributed by atoms with Crippen LogP contribution in [0.15, 0.2) is 121 Å². The van der Waals surface area contributed by atoms with Crippen LogP contribution in [-0.4, -0.2) is 0 Å². The molecule has 0 radical (unpaired) electrons. The molecular weight excluding hydrogens is 697 g/mol. The van der Waals surface area contributed by atoms with E-state index in [1.165, 1.54) is 86.5 Å². The molecule has 0 aromatic heterocycles. The molecule has 1 aliphatic carbocycles. The number of benzene rings is 4. The monoisotopic (exact) mass is 793 g/mol. The molecule has 0 amide bonds. The quantitative estimate of drug-likeness (QED) is 0.150. The fraction of sp³-hybridized carbons (Fsp3) is 0.586. The van der Waals surface area contributed by atoms with Crippen LogP contribution in [0.25, 0.3) is 0 Å². The van der Waals surface area contributed by atoms with E-state index in [-0.39, 0.29) is 0 Å². The summed E-state index contributed by atoms with van der Waals surface area (Å²) in [5, 5.41) is 0. The molecule has 0 saturated heterocycles. The second kappa shape index (κ2) is 38.1. The highest BCUT2D eigenvalue weighted by Gasteiger charge is 2.16. The van der Waals surface area contributed by atoms with E-state index in [4.69, 9.17) is 0 Å². The van der Waals surface area contributed by atoms with Crippen LogP contribution in [0, 0.1) is 23.7 Å². The van der Waals surface area contributed by atoms with Gasteiger partial charge in [0, 0.05) is 0 Å². The third-order valence-corrected chi connectivity index (χ3v) is 12.0. The minimum absolute atomic E-state index is 0.559. The van der Waals surface area contributed by atoms with Gasteiger partial charge >= 0.3 is 0 Å². The highest BCUT2D eigenvalue weighted by atomic mass is 14.2. The lowest BCUT2D eigenvalue weighted by molar-refractivity contribution is 0.277. The average molecular weight is 793 g/mol. The Morgan fingerprint density at radius 3 is 0.759 bits per heavy atom. The van der Waals surface area contributed by atoms with Gasteiger partial charge < -0.3 is 0 Å². The molecule has 1 aliphatic rings. The first-order valence-electron chi connectivity index (χ1n) is 23.9. The minimum Gasteiger partial charge on any atom is -0.0654 e. The van der Waals surface area contributed by atoms with Crippen molar-refractivity contribution in [1.29, 1.82) is 0 Å². The smallest absolute Gasteiger partial charge is 0.0124 e. The molecule has 0 heteroatoms. The first-order valence-corrected chi connectivity index (χ1v) is 23.9. The lowest BCUT2D eigenvalue weighted by Crippen LogP contribution is -2.12. The van der Waals surface area contributed by atoms with Crippen LogP contribution in [0.3, 0.4) is 0 Å². The topological polar surface area (TPSA) is 0 Å². The van der Waals surface area contributed by atoms with Crippen LogP contribution in [0.1, 0.15) is 221 Å². The van der Waals surface area contributed by atoms with Gasteiger partial charge in [-0.05, 0) is 82.4 Å². The summed E-state index contributed by atoms with van der Waals surface area (Å²) in [7, 11) is 0. The fourth-order valence-corrected chi connectivity index (χ4v) is 5.63.